The van der Waals surface area contributed by atoms with Crippen LogP contribution in [-0.2, 0) is 9.53 Å². The number of benzene rings is 1. The minimum atomic E-state index is -0.0618. The summed E-state index contributed by atoms with van der Waals surface area (Å²) in [7, 11) is 1.64. The zero-order valence-electron chi connectivity index (χ0n) is 15.6. The van der Waals surface area contributed by atoms with Crippen LogP contribution in [-0.4, -0.2) is 63.9 Å². The van der Waals surface area contributed by atoms with Gasteiger partial charge in [0.2, 0.25) is 5.91 Å². The first-order valence-electron chi connectivity index (χ1n) is 8.64. The van der Waals surface area contributed by atoms with Crippen LogP contribution in [0.25, 0.3) is 0 Å². The molecule has 26 heavy (non-hydrogen) atoms. The van der Waals surface area contributed by atoms with Gasteiger partial charge in [-0.1, -0.05) is 0 Å². The molecule has 1 aromatic rings. The molecule has 8 heteroatoms. The molecule has 0 atom stereocenters. The van der Waals surface area contributed by atoms with E-state index in [-0.39, 0.29) is 37.3 Å². The van der Waals surface area contributed by atoms with E-state index >= 15 is 0 Å². The molecule has 0 aliphatic carbocycles. The number of hydrogen-bond acceptors (Lipinski definition) is 5. The van der Waals surface area contributed by atoms with Crippen molar-refractivity contribution in [1.29, 1.82) is 0 Å². The molecular weight excluding hydrogens is 377 g/mol. The van der Waals surface area contributed by atoms with Crippen molar-refractivity contribution < 1.29 is 14.3 Å². The normalized spacial score (nSPS) is 13.6. The van der Waals surface area contributed by atoms with Crippen molar-refractivity contribution in [2.75, 3.05) is 58.4 Å². The molecule has 2 N–H and O–H groups in total. The van der Waals surface area contributed by atoms with Crippen LogP contribution in [0.4, 0.5) is 5.69 Å². The third-order valence-corrected chi connectivity index (χ3v) is 4.09. The quantitative estimate of drug-likeness (QED) is 0.583. The van der Waals surface area contributed by atoms with Crippen molar-refractivity contribution in [3.8, 4) is 5.75 Å². The highest BCUT2D eigenvalue weighted by Crippen LogP contribution is 2.22. The van der Waals surface area contributed by atoms with Crippen molar-refractivity contribution in [1.82, 2.24) is 10.2 Å². The fourth-order valence-electron chi connectivity index (χ4n) is 2.76. The van der Waals surface area contributed by atoms with Crippen molar-refractivity contribution in [2.45, 2.75) is 19.8 Å². The van der Waals surface area contributed by atoms with E-state index in [0.29, 0.717) is 19.8 Å². The molecule has 1 saturated heterocycles. The number of carbonyl (C=O) groups is 1. The summed E-state index contributed by atoms with van der Waals surface area (Å²) in [5.74, 6) is 0.818. The maximum atomic E-state index is 11.8. The number of nitrogens with one attached hydrogen (secondary N) is 2. The van der Waals surface area contributed by atoms with E-state index in [0.717, 1.165) is 23.5 Å². The van der Waals surface area contributed by atoms with Gasteiger partial charge < -0.3 is 20.1 Å². The van der Waals surface area contributed by atoms with E-state index in [1.54, 1.807) is 7.11 Å². The highest BCUT2D eigenvalue weighted by atomic mass is 35.5. The van der Waals surface area contributed by atoms with Gasteiger partial charge >= 0.3 is 0 Å². The Morgan fingerprint density at radius 3 is 2.58 bits per heavy atom. The molecule has 0 bridgehead atoms. The van der Waals surface area contributed by atoms with Crippen LogP contribution < -0.4 is 15.4 Å². The summed E-state index contributed by atoms with van der Waals surface area (Å²) in [6, 6.07) is 5.75. The first-order chi connectivity index (χ1) is 11.7. The lowest BCUT2D eigenvalue weighted by Crippen LogP contribution is -2.30. The SMILES string of the molecule is COCCNCC(=O)Nc1ccc(OCCN2CCCC2)c(C)c1.Cl.Cl. The van der Waals surface area contributed by atoms with Gasteiger partial charge in [0.25, 0.3) is 0 Å². The summed E-state index contributed by atoms with van der Waals surface area (Å²) in [6.45, 7) is 7.58. The maximum Gasteiger partial charge on any atom is 0.238 e. The molecule has 1 amide bonds. The summed E-state index contributed by atoms with van der Waals surface area (Å²) in [5, 5.41) is 5.90. The van der Waals surface area contributed by atoms with Gasteiger partial charge in [-0.2, -0.15) is 0 Å². The lowest BCUT2D eigenvalue weighted by atomic mass is 10.2. The first-order valence-corrected chi connectivity index (χ1v) is 8.64. The molecule has 0 aromatic heterocycles. The third kappa shape index (κ3) is 9.05. The Morgan fingerprint density at radius 2 is 1.92 bits per heavy atom. The number of methoxy groups -OCH3 is 1. The molecule has 0 spiro atoms. The van der Waals surface area contributed by atoms with E-state index in [9.17, 15) is 4.79 Å². The molecule has 1 aliphatic heterocycles. The van der Waals surface area contributed by atoms with E-state index in [1.165, 1.54) is 25.9 Å². The van der Waals surface area contributed by atoms with E-state index < -0.39 is 0 Å². The highest BCUT2D eigenvalue weighted by molar-refractivity contribution is 5.92. The van der Waals surface area contributed by atoms with Gasteiger partial charge in [-0.05, 0) is 56.6 Å². The summed E-state index contributed by atoms with van der Waals surface area (Å²) >= 11 is 0. The van der Waals surface area contributed by atoms with Crippen LogP contribution in [0, 0.1) is 6.92 Å². The number of likely N-dealkylation sites (tertiary alicyclic amines) is 1. The monoisotopic (exact) mass is 407 g/mol. The molecule has 2 rings (SSSR count). The zero-order valence-corrected chi connectivity index (χ0v) is 17.2. The van der Waals surface area contributed by atoms with E-state index in [1.807, 2.05) is 25.1 Å². The van der Waals surface area contributed by atoms with Crippen molar-refractivity contribution in [2.24, 2.45) is 0 Å². The van der Waals surface area contributed by atoms with Crippen LogP contribution in [0.3, 0.4) is 0 Å². The fourth-order valence-corrected chi connectivity index (χ4v) is 2.76. The number of anilines is 1. The van der Waals surface area contributed by atoms with E-state index in [2.05, 4.69) is 15.5 Å². The summed E-state index contributed by atoms with van der Waals surface area (Å²) < 4.78 is 10.8. The van der Waals surface area contributed by atoms with Gasteiger partial charge in [0.05, 0.1) is 13.2 Å². The third-order valence-electron chi connectivity index (χ3n) is 4.09. The second-order valence-corrected chi connectivity index (χ2v) is 6.10. The Morgan fingerprint density at radius 1 is 1.19 bits per heavy atom. The maximum absolute atomic E-state index is 11.8. The number of carbonyl (C=O) groups excluding carboxylic acids is 1. The number of aryl methyl sites for hydroxylation is 1. The Kier molecular flexibility index (Phi) is 13.5. The Balaban J connectivity index is 0.00000312. The topological polar surface area (TPSA) is 62.8 Å². The van der Waals surface area contributed by atoms with Crippen LogP contribution in [0.1, 0.15) is 18.4 Å². The molecule has 0 unspecified atom stereocenters. The standard InChI is InChI=1S/C18H29N3O3.2ClH/c1-15-13-16(20-18(22)14-19-7-11-23-2)5-6-17(15)24-12-10-21-8-3-4-9-21;;/h5-6,13,19H,3-4,7-12,14H2,1-2H3,(H,20,22);2*1H. The lowest BCUT2D eigenvalue weighted by Gasteiger charge is -2.16. The first kappa shape index (κ1) is 24.9. The predicted octanol–water partition coefficient (Wildman–Crippen LogP) is 2.49. The number of ether oxygens (including phenoxy) is 2. The number of nitrogens with zero attached hydrogens (tertiary/aromatic N) is 1. The number of halogens is 2. The minimum Gasteiger partial charge on any atom is -0.492 e. The van der Waals surface area contributed by atoms with Crippen molar-refractivity contribution >= 4 is 36.4 Å². The highest BCUT2D eigenvalue weighted by Gasteiger charge is 2.11. The summed E-state index contributed by atoms with van der Waals surface area (Å²) in [4.78, 5) is 14.3. The molecular formula is C18H31Cl2N3O3. The number of amides is 1. The summed E-state index contributed by atoms with van der Waals surface area (Å²) in [6.07, 6.45) is 2.60. The minimum absolute atomic E-state index is 0. The van der Waals surface area contributed by atoms with Gasteiger partial charge in [-0.3, -0.25) is 9.69 Å². The van der Waals surface area contributed by atoms with E-state index in [4.69, 9.17) is 9.47 Å². The van der Waals surface area contributed by atoms with Gasteiger partial charge in [0.1, 0.15) is 12.4 Å². The largest absolute Gasteiger partial charge is 0.492 e. The Labute approximate surface area is 168 Å². The Bertz CT molecular complexity index is 526. The summed E-state index contributed by atoms with van der Waals surface area (Å²) in [5.41, 5.74) is 1.82. The average molecular weight is 408 g/mol. The van der Waals surface area contributed by atoms with Crippen molar-refractivity contribution in [3.05, 3.63) is 23.8 Å². The zero-order chi connectivity index (χ0) is 17.2. The van der Waals surface area contributed by atoms with Crippen LogP contribution >= 0.6 is 24.8 Å². The molecule has 1 aromatic carbocycles. The lowest BCUT2D eigenvalue weighted by molar-refractivity contribution is -0.115. The molecule has 150 valence electrons. The van der Waals surface area contributed by atoms with Gasteiger partial charge in [-0.25, -0.2) is 0 Å². The van der Waals surface area contributed by atoms with Gasteiger partial charge in [0.15, 0.2) is 0 Å². The van der Waals surface area contributed by atoms with Crippen molar-refractivity contribution in [3.63, 3.8) is 0 Å². The van der Waals surface area contributed by atoms with Crippen LogP contribution in [0.15, 0.2) is 18.2 Å². The van der Waals surface area contributed by atoms with Crippen LogP contribution in [0.5, 0.6) is 5.75 Å². The van der Waals surface area contributed by atoms with Crippen LogP contribution in [0.2, 0.25) is 0 Å². The smallest absolute Gasteiger partial charge is 0.238 e. The Hall–Kier alpha value is -1.05. The van der Waals surface area contributed by atoms with Gasteiger partial charge in [-0.15, -0.1) is 24.8 Å². The second kappa shape index (κ2) is 14.1. The molecule has 0 saturated carbocycles. The number of rotatable bonds is 10. The number of hydrogen-bond donors (Lipinski definition) is 2. The average Bonchev–Trinajstić information content (AvgIpc) is 3.07. The molecule has 0 radical (unpaired) electrons. The predicted molar refractivity (Wildman–Crippen MR) is 110 cm³/mol. The fraction of sp³-hybridized carbons (Fsp3) is 0.611. The molecule has 6 nitrogen and oxygen atoms in total. The second-order valence-electron chi connectivity index (χ2n) is 6.10. The van der Waals surface area contributed by atoms with Gasteiger partial charge in [0, 0.05) is 25.9 Å². The molecule has 1 heterocycles. The molecule has 1 fully saturated rings. The molecule has 1 aliphatic rings.